The van der Waals surface area contributed by atoms with E-state index in [1.165, 1.54) is 18.2 Å². The van der Waals surface area contributed by atoms with Crippen LogP contribution in [0.3, 0.4) is 0 Å². The highest BCUT2D eigenvalue weighted by atomic mass is 35.5. The highest BCUT2D eigenvalue weighted by Gasteiger charge is 2.28. The van der Waals surface area contributed by atoms with Gasteiger partial charge in [-0.1, -0.05) is 22.8 Å². The molecule has 0 spiro atoms. The summed E-state index contributed by atoms with van der Waals surface area (Å²) >= 11 is 5.80. The molecule has 0 saturated heterocycles. The highest BCUT2D eigenvalue weighted by molar-refractivity contribution is 6.30. The topological polar surface area (TPSA) is 60.2 Å². The van der Waals surface area contributed by atoms with E-state index in [4.69, 9.17) is 11.6 Å². The number of likely N-dealkylation sites (N-methyl/N-ethyl adjacent to an activating group) is 1. The van der Waals surface area contributed by atoms with E-state index in [1.807, 2.05) is 19.0 Å². The Hall–Kier alpha value is -2.58. The maximum absolute atomic E-state index is 14.3. The SMILES string of the molecule is CN(C)CCN=C1Cc2c(/C(Cc3ccc(F)c(Cl)c3)=N/O)cc(F)c(F)c2N1. The molecule has 0 atom stereocenters. The number of rotatable bonds is 6. The number of nitrogens with zero attached hydrogens (tertiary/aromatic N) is 3. The van der Waals surface area contributed by atoms with E-state index in [0.717, 1.165) is 6.07 Å². The second kappa shape index (κ2) is 8.84. The third-order valence-corrected chi connectivity index (χ3v) is 4.87. The van der Waals surface area contributed by atoms with Gasteiger partial charge in [0, 0.05) is 24.9 Å². The highest BCUT2D eigenvalue weighted by Crippen LogP contribution is 2.33. The number of nitrogens with one attached hydrogen (secondary N) is 1. The number of anilines is 1. The first-order valence-corrected chi connectivity index (χ1v) is 9.29. The average molecular weight is 425 g/mol. The van der Waals surface area contributed by atoms with Gasteiger partial charge in [0.1, 0.15) is 11.7 Å². The summed E-state index contributed by atoms with van der Waals surface area (Å²) in [7, 11) is 3.83. The van der Waals surface area contributed by atoms with Crippen molar-refractivity contribution in [3.63, 3.8) is 0 Å². The fraction of sp³-hybridized carbons (Fsp3) is 0.300. The summed E-state index contributed by atoms with van der Waals surface area (Å²) in [5.74, 6) is -2.15. The van der Waals surface area contributed by atoms with Crippen molar-refractivity contribution in [2.45, 2.75) is 12.8 Å². The van der Waals surface area contributed by atoms with Crippen molar-refractivity contribution in [1.29, 1.82) is 0 Å². The molecule has 5 nitrogen and oxygen atoms in total. The molecule has 1 heterocycles. The van der Waals surface area contributed by atoms with E-state index < -0.39 is 17.5 Å². The van der Waals surface area contributed by atoms with Gasteiger partial charge in [-0.05, 0) is 43.4 Å². The Morgan fingerprint density at radius 1 is 1.21 bits per heavy atom. The molecule has 1 aliphatic rings. The first-order valence-electron chi connectivity index (χ1n) is 8.91. The van der Waals surface area contributed by atoms with Crippen molar-refractivity contribution in [2.75, 3.05) is 32.5 Å². The van der Waals surface area contributed by atoms with Gasteiger partial charge in [0.25, 0.3) is 0 Å². The minimum absolute atomic E-state index is 0.0121. The third-order valence-electron chi connectivity index (χ3n) is 4.58. The first-order chi connectivity index (χ1) is 13.8. The van der Waals surface area contributed by atoms with Crippen LogP contribution in [0.4, 0.5) is 18.9 Å². The number of fused-ring (bicyclic) bond motifs is 1. The largest absolute Gasteiger partial charge is 0.411 e. The zero-order chi connectivity index (χ0) is 21.1. The molecule has 0 unspecified atom stereocenters. The number of halogens is 4. The summed E-state index contributed by atoms with van der Waals surface area (Å²) in [4.78, 5) is 6.35. The zero-order valence-corrected chi connectivity index (χ0v) is 16.7. The monoisotopic (exact) mass is 424 g/mol. The molecular weight excluding hydrogens is 405 g/mol. The minimum atomic E-state index is -1.07. The van der Waals surface area contributed by atoms with Gasteiger partial charge in [0.2, 0.25) is 0 Å². The third kappa shape index (κ3) is 4.71. The molecule has 0 radical (unpaired) electrons. The summed E-state index contributed by atoms with van der Waals surface area (Å²) in [6, 6.07) is 5.08. The van der Waals surface area contributed by atoms with Gasteiger partial charge >= 0.3 is 0 Å². The van der Waals surface area contributed by atoms with E-state index in [-0.39, 0.29) is 34.8 Å². The molecule has 2 aromatic carbocycles. The van der Waals surface area contributed by atoms with Crippen LogP contribution in [0.1, 0.15) is 16.7 Å². The molecule has 154 valence electrons. The van der Waals surface area contributed by atoms with E-state index in [1.54, 1.807) is 0 Å². The van der Waals surface area contributed by atoms with Crippen LogP contribution < -0.4 is 5.32 Å². The summed E-state index contributed by atoms with van der Waals surface area (Å²) in [5.41, 5.74) is 1.37. The Labute approximate surface area is 171 Å². The van der Waals surface area contributed by atoms with Crippen molar-refractivity contribution < 1.29 is 18.4 Å². The van der Waals surface area contributed by atoms with Gasteiger partial charge in [-0.15, -0.1) is 0 Å². The Bertz CT molecular complexity index is 992. The zero-order valence-electron chi connectivity index (χ0n) is 15.9. The van der Waals surface area contributed by atoms with Crippen molar-refractivity contribution in [1.82, 2.24) is 4.90 Å². The standard InChI is InChI=1S/C20H20ClF3N4O/c1-28(2)6-5-25-18-10-13-12(9-16(23)19(24)20(13)26-18)17(27-29)8-11-3-4-15(22)14(21)7-11/h3-4,7,9,29H,5-6,8,10H2,1-2H3,(H,25,26)/b27-17+. The lowest BCUT2D eigenvalue weighted by atomic mass is 9.95. The van der Waals surface area contributed by atoms with Crippen LogP contribution in [0.15, 0.2) is 34.4 Å². The molecular formula is C20H20ClF3N4O. The Morgan fingerprint density at radius 3 is 2.62 bits per heavy atom. The number of oxime groups is 1. The molecule has 2 aromatic rings. The summed E-state index contributed by atoms with van der Waals surface area (Å²) in [5, 5.41) is 15.6. The van der Waals surface area contributed by atoms with Crippen molar-refractivity contribution in [3.05, 3.63) is 63.4 Å². The molecule has 9 heteroatoms. The number of hydrogen-bond donors (Lipinski definition) is 2. The van der Waals surface area contributed by atoms with Gasteiger partial charge in [0.15, 0.2) is 11.6 Å². The smallest absolute Gasteiger partial charge is 0.182 e. The summed E-state index contributed by atoms with van der Waals surface area (Å²) < 4.78 is 41.9. The average Bonchev–Trinajstić information content (AvgIpc) is 3.10. The molecule has 0 fully saturated rings. The van der Waals surface area contributed by atoms with Gasteiger partial charge in [-0.2, -0.15) is 0 Å². The van der Waals surface area contributed by atoms with Gasteiger partial charge in [-0.25, -0.2) is 13.2 Å². The Balaban J connectivity index is 1.93. The predicted molar refractivity (Wildman–Crippen MR) is 108 cm³/mol. The molecule has 29 heavy (non-hydrogen) atoms. The quantitative estimate of drug-likeness (QED) is 0.417. The van der Waals surface area contributed by atoms with Crippen LogP contribution >= 0.6 is 11.6 Å². The molecule has 0 amide bonds. The predicted octanol–water partition coefficient (Wildman–Crippen LogP) is 4.11. The molecule has 3 rings (SSSR count). The fourth-order valence-corrected chi connectivity index (χ4v) is 3.30. The van der Waals surface area contributed by atoms with Crippen LogP contribution in [-0.2, 0) is 12.8 Å². The van der Waals surface area contributed by atoms with Crippen LogP contribution in [0.5, 0.6) is 0 Å². The number of hydrogen-bond acceptors (Lipinski definition) is 4. The lowest BCUT2D eigenvalue weighted by molar-refractivity contribution is 0.318. The number of amidine groups is 1. The van der Waals surface area contributed by atoms with Crippen LogP contribution in [-0.4, -0.2) is 48.8 Å². The van der Waals surface area contributed by atoms with Gasteiger partial charge in [-0.3, -0.25) is 4.99 Å². The van der Waals surface area contributed by atoms with Crippen molar-refractivity contribution in [2.24, 2.45) is 10.1 Å². The summed E-state index contributed by atoms with van der Waals surface area (Å²) in [6.45, 7) is 1.21. The lowest BCUT2D eigenvalue weighted by Gasteiger charge is -2.11. The second-order valence-corrected chi connectivity index (χ2v) is 7.39. The molecule has 0 bridgehead atoms. The summed E-state index contributed by atoms with van der Waals surface area (Å²) in [6.07, 6.45) is 0.305. The van der Waals surface area contributed by atoms with E-state index >= 15 is 0 Å². The number of aliphatic imine (C=N–C) groups is 1. The Morgan fingerprint density at radius 2 is 1.97 bits per heavy atom. The fourth-order valence-electron chi connectivity index (χ4n) is 3.10. The minimum Gasteiger partial charge on any atom is -0.411 e. The molecule has 2 N–H and O–H groups in total. The maximum Gasteiger partial charge on any atom is 0.182 e. The van der Waals surface area contributed by atoms with E-state index in [2.05, 4.69) is 15.5 Å². The molecule has 0 saturated carbocycles. The molecule has 0 aromatic heterocycles. The number of benzene rings is 2. The molecule has 1 aliphatic heterocycles. The maximum atomic E-state index is 14.3. The Kier molecular flexibility index (Phi) is 6.44. The van der Waals surface area contributed by atoms with Crippen LogP contribution in [0.2, 0.25) is 5.02 Å². The van der Waals surface area contributed by atoms with Crippen molar-refractivity contribution in [3.8, 4) is 0 Å². The van der Waals surface area contributed by atoms with E-state index in [0.29, 0.717) is 30.1 Å². The van der Waals surface area contributed by atoms with Gasteiger partial charge in [0.05, 0.1) is 23.0 Å². The lowest BCUT2D eigenvalue weighted by Crippen LogP contribution is -2.17. The van der Waals surface area contributed by atoms with E-state index in [9.17, 15) is 18.4 Å². The normalized spacial score (nSPS) is 15.1. The van der Waals surface area contributed by atoms with Crippen LogP contribution in [0, 0.1) is 17.5 Å². The molecule has 0 aliphatic carbocycles. The van der Waals surface area contributed by atoms with Crippen LogP contribution in [0.25, 0.3) is 0 Å². The second-order valence-electron chi connectivity index (χ2n) is 6.98. The van der Waals surface area contributed by atoms with Crippen molar-refractivity contribution >= 4 is 28.8 Å². The first kappa shape index (κ1) is 21.1. The van der Waals surface area contributed by atoms with Gasteiger partial charge < -0.3 is 15.4 Å².